The molecule has 0 saturated carbocycles. The highest BCUT2D eigenvalue weighted by Crippen LogP contribution is 2.31. The summed E-state index contributed by atoms with van der Waals surface area (Å²) in [6.07, 6.45) is 3.51. The lowest BCUT2D eigenvalue weighted by Gasteiger charge is -2.46. The first-order chi connectivity index (χ1) is 14.6. The molecule has 2 heterocycles. The molecule has 4 rings (SSSR count). The van der Waals surface area contributed by atoms with E-state index in [0.29, 0.717) is 22.2 Å². The van der Waals surface area contributed by atoms with Crippen molar-refractivity contribution in [1.29, 1.82) is 0 Å². The standard InChI is InChI=1S/C25H28ClN3O2/c1-24(2)13-18(14-25(3,4)29-24)28-23(30)16-8-10-19(11-9-16)31-21-7-5-6-17-15-27-22(26)12-20(17)21/h5-12,15,18,29H,13-14H2,1-4H3,(H,28,30). The van der Waals surface area contributed by atoms with E-state index in [1.807, 2.05) is 30.3 Å². The third-order valence-corrected chi connectivity index (χ3v) is 5.77. The van der Waals surface area contributed by atoms with Gasteiger partial charge in [-0.2, -0.15) is 0 Å². The van der Waals surface area contributed by atoms with Gasteiger partial charge < -0.3 is 15.4 Å². The van der Waals surface area contributed by atoms with Gasteiger partial charge in [0.25, 0.3) is 5.91 Å². The van der Waals surface area contributed by atoms with Crippen LogP contribution in [0.25, 0.3) is 10.8 Å². The Bertz CT molecular complexity index is 1090. The van der Waals surface area contributed by atoms with Gasteiger partial charge in [0, 0.05) is 39.7 Å². The maximum Gasteiger partial charge on any atom is 0.251 e. The van der Waals surface area contributed by atoms with Gasteiger partial charge in [-0.05, 0) is 76.9 Å². The second kappa shape index (κ2) is 8.13. The number of fused-ring (bicyclic) bond motifs is 1. The summed E-state index contributed by atoms with van der Waals surface area (Å²) in [4.78, 5) is 16.9. The molecule has 162 valence electrons. The Morgan fingerprint density at radius 1 is 1.10 bits per heavy atom. The van der Waals surface area contributed by atoms with Gasteiger partial charge in [-0.1, -0.05) is 23.7 Å². The summed E-state index contributed by atoms with van der Waals surface area (Å²) in [6.45, 7) is 8.71. The van der Waals surface area contributed by atoms with Gasteiger partial charge in [-0.25, -0.2) is 4.98 Å². The van der Waals surface area contributed by atoms with Gasteiger partial charge in [0.1, 0.15) is 16.7 Å². The second-order valence-electron chi connectivity index (χ2n) is 9.58. The number of rotatable bonds is 4. The molecule has 1 aliphatic rings. The van der Waals surface area contributed by atoms with E-state index in [0.717, 1.165) is 23.6 Å². The molecule has 0 atom stereocenters. The van der Waals surface area contributed by atoms with E-state index < -0.39 is 0 Å². The Morgan fingerprint density at radius 2 is 1.77 bits per heavy atom. The van der Waals surface area contributed by atoms with Gasteiger partial charge in [0.15, 0.2) is 0 Å². The van der Waals surface area contributed by atoms with Gasteiger partial charge >= 0.3 is 0 Å². The second-order valence-corrected chi connectivity index (χ2v) is 9.97. The van der Waals surface area contributed by atoms with Crippen molar-refractivity contribution >= 4 is 28.3 Å². The number of hydrogen-bond donors (Lipinski definition) is 2. The van der Waals surface area contributed by atoms with Gasteiger partial charge in [0.2, 0.25) is 0 Å². The van der Waals surface area contributed by atoms with E-state index in [2.05, 4.69) is 43.3 Å². The number of nitrogens with zero attached hydrogens (tertiary/aromatic N) is 1. The highest BCUT2D eigenvalue weighted by Gasteiger charge is 2.38. The van der Waals surface area contributed by atoms with Gasteiger partial charge in [-0.3, -0.25) is 4.79 Å². The van der Waals surface area contributed by atoms with Crippen molar-refractivity contribution in [3.05, 3.63) is 65.4 Å². The van der Waals surface area contributed by atoms with Crippen molar-refractivity contribution < 1.29 is 9.53 Å². The van der Waals surface area contributed by atoms with E-state index in [1.165, 1.54) is 0 Å². The number of pyridine rings is 1. The summed E-state index contributed by atoms with van der Waals surface area (Å²) in [7, 11) is 0. The summed E-state index contributed by atoms with van der Waals surface area (Å²) < 4.78 is 6.06. The molecule has 2 aromatic carbocycles. The molecule has 1 amide bonds. The summed E-state index contributed by atoms with van der Waals surface area (Å²) >= 11 is 6.05. The number of carbonyl (C=O) groups excluding carboxylic acids is 1. The number of hydrogen-bond acceptors (Lipinski definition) is 4. The zero-order valence-corrected chi connectivity index (χ0v) is 19.1. The first-order valence-electron chi connectivity index (χ1n) is 10.5. The average Bonchev–Trinajstić information content (AvgIpc) is 2.66. The molecule has 1 aliphatic heterocycles. The summed E-state index contributed by atoms with van der Waals surface area (Å²) in [5.74, 6) is 1.28. The largest absolute Gasteiger partial charge is 0.457 e. The molecule has 2 N–H and O–H groups in total. The van der Waals surface area contributed by atoms with Crippen molar-refractivity contribution in [3.63, 3.8) is 0 Å². The van der Waals surface area contributed by atoms with Crippen LogP contribution >= 0.6 is 11.6 Å². The van der Waals surface area contributed by atoms with Crippen LogP contribution in [-0.2, 0) is 0 Å². The van der Waals surface area contributed by atoms with Crippen LogP contribution in [0.3, 0.4) is 0 Å². The zero-order valence-electron chi connectivity index (χ0n) is 18.3. The van der Waals surface area contributed by atoms with Gasteiger partial charge in [0.05, 0.1) is 0 Å². The van der Waals surface area contributed by atoms with Crippen LogP contribution in [-0.4, -0.2) is 28.0 Å². The molecule has 6 heteroatoms. The number of carbonyl (C=O) groups is 1. The Labute approximate surface area is 188 Å². The van der Waals surface area contributed by atoms with Crippen molar-refractivity contribution in [1.82, 2.24) is 15.6 Å². The molecular weight excluding hydrogens is 410 g/mol. The van der Waals surface area contributed by atoms with E-state index in [4.69, 9.17) is 16.3 Å². The predicted octanol–water partition coefficient (Wildman–Crippen LogP) is 5.72. The maximum atomic E-state index is 12.8. The highest BCUT2D eigenvalue weighted by molar-refractivity contribution is 6.30. The first kappa shape index (κ1) is 21.6. The van der Waals surface area contributed by atoms with Gasteiger partial charge in [-0.15, -0.1) is 0 Å². The van der Waals surface area contributed by atoms with Crippen LogP contribution < -0.4 is 15.4 Å². The maximum absolute atomic E-state index is 12.8. The van der Waals surface area contributed by atoms with Crippen molar-refractivity contribution in [2.45, 2.75) is 57.7 Å². The van der Waals surface area contributed by atoms with Crippen LogP contribution in [0.5, 0.6) is 11.5 Å². The number of benzene rings is 2. The number of nitrogens with one attached hydrogen (secondary N) is 2. The number of amides is 1. The Hall–Kier alpha value is -2.63. The molecule has 0 unspecified atom stereocenters. The van der Waals surface area contributed by atoms with E-state index >= 15 is 0 Å². The fourth-order valence-corrected chi connectivity index (χ4v) is 4.86. The number of ether oxygens (including phenoxy) is 1. The fraction of sp³-hybridized carbons (Fsp3) is 0.360. The molecule has 1 aromatic heterocycles. The van der Waals surface area contributed by atoms with E-state index in [-0.39, 0.29) is 23.0 Å². The van der Waals surface area contributed by atoms with Crippen molar-refractivity contribution in [2.24, 2.45) is 0 Å². The van der Waals surface area contributed by atoms with Crippen LogP contribution in [0.15, 0.2) is 54.7 Å². The lowest BCUT2D eigenvalue weighted by atomic mass is 9.79. The SMILES string of the molecule is CC1(C)CC(NC(=O)c2ccc(Oc3cccc4cnc(Cl)cc34)cc2)CC(C)(C)N1. The topological polar surface area (TPSA) is 63.2 Å². The molecule has 3 aromatic rings. The summed E-state index contributed by atoms with van der Waals surface area (Å²) in [6, 6.07) is 14.9. The minimum atomic E-state index is -0.0620. The quantitative estimate of drug-likeness (QED) is 0.512. The van der Waals surface area contributed by atoms with Crippen molar-refractivity contribution in [2.75, 3.05) is 0 Å². The van der Waals surface area contributed by atoms with E-state index in [9.17, 15) is 4.79 Å². The Kier molecular flexibility index (Phi) is 5.67. The molecule has 0 radical (unpaired) electrons. The normalized spacial score (nSPS) is 18.0. The monoisotopic (exact) mass is 437 g/mol. The zero-order chi connectivity index (χ0) is 22.2. The number of aromatic nitrogens is 1. The smallest absolute Gasteiger partial charge is 0.251 e. The number of piperidine rings is 1. The summed E-state index contributed by atoms with van der Waals surface area (Å²) in [5.41, 5.74) is 0.578. The summed E-state index contributed by atoms with van der Waals surface area (Å²) in [5, 5.41) is 9.10. The molecule has 31 heavy (non-hydrogen) atoms. The van der Waals surface area contributed by atoms with Crippen LogP contribution in [0, 0.1) is 0 Å². The molecule has 5 nitrogen and oxygen atoms in total. The average molecular weight is 438 g/mol. The lowest BCUT2D eigenvalue weighted by molar-refractivity contribution is 0.0873. The molecule has 1 saturated heterocycles. The third-order valence-electron chi connectivity index (χ3n) is 5.56. The number of halogens is 1. The van der Waals surface area contributed by atoms with E-state index in [1.54, 1.807) is 24.4 Å². The molecular formula is C25H28ClN3O2. The molecule has 0 aliphatic carbocycles. The molecule has 0 spiro atoms. The fourth-order valence-electron chi connectivity index (χ4n) is 4.70. The third kappa shape index (κ3) is 5.17. The van der Waals surface area contributed by atoms with Crippen LogP contribution in [0.1, 0.15) is 50.9 Å². The molecule has 0 bridgehead atoms. The minimum absolute atomic E-state index is 0.0196. The van der Waals surface area contributed by atoms with Crippen LogP contribution in [0.4, 0.5) is 0 Å². The van der Waals surface area contributed by atoms with Crippen molar-refractivity contribution in [3.8, 4) is 11.5 Å². The Balaban J connectivity index is 1.46. The highest BCUT2D eigenvalue weighted by atomic mass is 35.5. The lowest BCUT2D eigenvalue weighted by Crippen LogP contribution is -2.62. The van der Waals surface area contributed by atoms with Crippen LogP contribution in [0.2, 0.25) is 5.15 Å². The first-order valence-corrected chi connectivity index (χ1v) is 10.9. The minimum Gasteiger partial charge on any atom is -0.457 e. The Morgan fingerprint density at radius 3 is 2.45 bits per heavy atom. The molecule has 1 fully saturated rings. The predicted molar refractivity (Wildman–Crippen MR) is 125 cm³/mol.